The van der Waals surface area contributed by atoms with Gasteiger partial charge in [-0.15, -0.1) is 0 Å². The molecule has 2 aromatic rings. The monoisotopic (exact) mass is 283 g/mol. The van der Waals surface area contributed by atoms with Crippen LogP contribution < -0.4 is 5.32 Å². The molecule has 3 heteroatoms. The van der Waals surface area contributed by atoms with E-state index in [9.17, 15) is 0 Å². The Morgan fingerprint density at radius 3 is 2.33 bits per heavy atom. The molecule has 0 aliphatic rings. The Bertz CT molecular complexity index is 549. The van der Waals surface area contributed by atoms with Crippen molar-refractivity contribution in [3.63, 3.8) is 0 Å². The van der Waals surface area contributed by atoms with Crippen molar-refractivity contribution in [1.82, 2.24) is 9.97 Å². The predicted octanol–water partition coefficient (Wildman–Crippen LogP) is 4.65. The molecule has 0 saturated carbocycles. The Morgan fingerprint density at radius 1 is 1.05 bits per heavy atom. The summed E-state index contributed by atoms with van der Waals surface area (Å²) in [5.74, 6) is 2.27. The molecule has 112 valence electrons. The van der Waals surface area contributed by atoms with Crippen LogP contribution in [0.15, 0.2) is 30.3 Å². The number of nitrogens with zero attached hydrogens (tertiary/aromatic N) is 2. The Morgan fingerprint density at radius 2 is 1.76 bits per heavy atom. The van der Waals surface area contributed by atoms with Crippen LogP contribution in [0.25, 0.3) is 11.4 Å². The molecule has 21 heavy (non-hydrogen) atoms. The van der Waals surface area contributed by atoms with Crippen LogP contribution in [-0.4, -0.2) is 16.5 Å². The molecular weight excluding hydrogens is 258 g/mol. The molecular formula is C18H25N3. The molecule has 0 spiro atoms. The van der Waals surface area contributed by atoms with E-state index in [-0.39, 0.29) is 0 Å². The molecule has 1 heterocycles. The zero-order valence-corrected chi connectivity index (χ0v) is 13.5. The molecule has 3 nitrogen and oxygen atoms in total. The van der Waals surface area contributed by atoms with Crippen molar-refractivity contribution in [2.75, 3.05) is 11.9 Å². The first kappa shape index (κ1) is 15.5. The summed E-state index contributed by atoms with van der Waals surface area (Å²) in [6.45, 7) is 9.53. The molecule has 0 bridgehead atoms. The lowest BCUT2D eigenvalue weighted by molar-refractivity contribution is 0.865. The zero-order chi connectivity index (χ0) is 15.2. The average molecular weight is 283 g/mol. The van der Waals surface area contributed by atoms with Gasteiger partial charge in [0.25, 0.3) is 0 Å². The number of benzene rings is 1. The van der Waals surface area contributed by atoms with E-state index in [0.29, 0.717) is 5.92 Å². The van der Waals surface area contributed by atoms with Gasteiger partial charge in [-0.2, -0.15) is 0 Å². The van der Waals surface area contributed by atoms with Gasteiger partial charge in [-0.05, 0) is 24.8 Å². The van der Waals surface area contributed by atoms with Gasteiger partial charge in [-0.1, -0.05) is 51.5 Å². The average Bonchev–Trinajstić information content (AvgIpc) is 2.48. The van der Waals surface area contributed by atoms with Crippen LogP contribution in [0, 0.1) is 0 Å². The fraction of sp³-hybridized carbons (Fsp3) is 0.444. The highest BCUT2D eigenvalue weighted by Gasteiger charge is 2.07. The molecule has 0 saturated heterocycles. The van der Waals surface area contributed by atoms with Gasteiger partial charge < -0.3 is 5.32 Å². The van der Waals surface area contributed by atoms with E-state index in [0.717, 1.165) is 42.3 Å². The third-order valence-corrected chi connectivity index (χ3v) is 3.48. The molecule has 0 unspecified atom stereocenters. The summed E-state index contributed by atoms with van der Waals surface area (Å²) in [4.78, 5) is 9.33. The molecule has 1 N–H and O–H groups in total. The summed E-state index contributed by atoms with van der Waals surface area (Å²) in [6, 6.07) is 10.6. The lowest BCUT2D eigenvalue weighted by atomic mass is 10.0. The van der Waals surface area contributed by atoms with Gasteiger partial charge in [-0.3, -0.25) is 0 Å². The van der Waals surface area contributed by atoms with E-state index in [1.54, 1.807) is 0 Å². The van der Waals surface area contributed by atoms with E-state index in [1.165, 1.54) is 5.56 Å². The van der Waals surface area contributed by atoms with Gasteiger partial charge in [0.1, 0.15) is 5.82 Å². The largest absolute Gasteiger partial charge is 0.370 e. The smallest absolute Gasteiger partial charge is 0.161 e. The summed E-state index contributed by atoms with van der Waals surface area (Å²) >= 11 is 0. The molecule has 1 aromatic carbocycles. The van der Waals surface area contributed by atoms with Crippen molar-refractivity contribution in [3.8, 4) is 11.4 Å². The number of rotatable bonds is 6. The van der Waals surface area contributed by atoms with Gasteiger partial charge >= 0.3 is 0 Å². The van der Waals surface area contributed by atoms with E-state index in [4.69, 9.17) is 4.98 Å². The number of anilines is 1. The van der Waals surface area contributed by atoms with E-state index in [2.05, 4.69) is 68.3 Å². The maximum absolute atomic E-state index is 4.70. The first-order valence-electron chi connectivity index (χ1n) is 7.86. The Balaban J connectivity index is 2.36. The molecule has 2 rings (SSSR count). The minimum Gasteiger partial charge on any atom is -0.370 e. The molecule has 1 aromatic heterocycles. The minimum atomic E-state index is 0.545. The summed E-state index contributed by atoms with van der Waals surface area (Å²) in [5, 5.41) is 3.29. The zero-order valence-electron chi connectivity index (χ0n) is 13.5. The summed E-state index contributed by atoms with van der Waals surface area (Å²) in [6.07, 6.45) is 2.08. The standard InChI is InChI=1S/C18H25N3/c1-5-7-16-12-17(19-6-2)21-18(20-16)15-10-8-14(9-11-15)13(3)4/h8-13H,5-7H2,1-4H3,(H,19,20,21). The Kier molecular flexibility index (Phi) is 5.32. The molecule has 0 fully saturated rings. The second-order valence-corrected chi connectivity index (χ2v) is 5.63. The number of nitrogens with one attached hydrogen (secondary N) is 1. The van der Waals surface area contributed by atoms with Crippen LogP contribution in [0.3, 0.4) is 0 Å². The van der Waals surface area contributed by atoms with Crippen molar-refractivity contribution in [2.45, 2.75) is 46.5 Å². The van der Waals surface area contributed by atoms with Crippen molar-refractivity contribution < 1.29 is 0 Å². The second-order valence-electron chi connectivity index (χ2n) is 5.63. The molecule has 0 radical (unpaired) electrons. The number of aromatic nitrogens is 2. The maximum atomic E-state index is 4.70. The quantitative estimate of drug-likeness (QED) is 0.838. The van der Waals surface area contributed by atoms with E-state index >= 15 is 0 Å². The van der Waals surface area contributed by atoms with Crippen LogP contribution in [0.5, 0.6) is 0 Å². The first-order valence-corrected chi connectivity index (χ1v) is 7.86. The number of aryl methyl sites for hydroxylation is 1. The van der Waals surface area contributed by atoms with Gasteiger partial charge in [0.15, 0.2) is 5.82 Å². The highest BCUT2D eigenvalue weighted by atomic mass is 15.0. The van der Waals surface area contributed by atoms with Gasteiger partial charge in [0, 0.05) is 23.9 Å². The Labute approximate surface area is 127 Å². The third-order valence-electron chi connectivity index (χ3n) is 3.48. The van der Waals surface area contributed by atoms with Crippen molar-refractivity contribution >= 4 is 5.82 Å². The lowest BCUT2D eigenvalue weighted by Gasteiger charge is -2.10. The van der Waals surface area contributed by atoms with Crippen LogP contribution >= 0.6 is 0 Å². The van der Waals surface area contributed by atoms with Crippen molar-refractivity contribution in [3.05, 3.63) is 41.6 Å². The van der Waals surface area contributed by atoms with Crippen molar-refractivity contribution in [2.24, 2.45) is 0 Å². The fourth-order valence-corrected chi connectivity index (χ4v) is 2.30. The molecule has 0 aliphatic heterocycles. The molecule has 0 amide bonds. The predicted molar refractivity (Wildman–Crippen MR) is 89.7 cm³/mol. The van der Waals surface area contributed by atoms with Crippen LogP contribution in [0.4, 0.5) is 5.82 Å². The summed E-state index contributed by atoms with van der Waals surface area (Å²) < 4.78 is 0. The van der Waals surface area contributed by atoms with Crippen LogP contribution in [0.1, 0.15) is 51.3 Å². The van der Waals surface area contributed by atoms with Crippen molar-refractivity contribution in [1.29, 1.82) is 0 Å². The minimum absolute atomic E-state index is 0.545. The maximum Gasteiger partial charge on any atom is 0.161 e. The van der Waals surface area contributed by atoms with E-state index < -0.39 is 0 Å². The number of hydrogen-bond acceptors (Lipinski definition) is 3. The highest BCUT2D eigenvalue weighted by molar-refractivity contribution is 5.58. The van der Waals surface area contributed by atoms with E-state index in [1.807, 2.05) is 0 Å². The normalized spacial score (nSPS) is 10.9. The molecule has 0 aliphatic carbocycles. The fourth-order valence-electron chi connectivity index (χ4n) is 2.30. The highest BCUT2D eigenvalue weighted by Crippen LogP contribution is 2.22. The van der Waals surface area contributed by atoms with Crippen LogP contribution in [0.2, 0.25) is 0 Å². The van der Waals surface area contributed by atoms with Gasteiger partial charge in [0.2, 0.25) is 0 Å². The first-order chi connectivity index (χ1) is 10.1. The van der Waals surface area contributed by atoms with Gasteiger partial charge in [0.05, 0.1) is 0 Å². The van der Waals surface area contributed by atoms with Gasteiger partial charge in [-0.25, -0.2) is 9.97 Å². The summed E-state index contributed by atoms with van der Waals surface area (Å²) in [5.41, 5.74) is 3.53. The third kappa shape index (κ3) is 4.03. The lowest BCUT2D eigenvalue weighted by Crippen LogP contribution is -2.04. The van der Waals surface area contributed by atoms with Crippen LogP contribution in [-0.2, 0) is 6.42 Å². The Hall–Kier alpha value is -1.90. The molecule has 0 atom stereocenters. The summed E-state index contributed by atoms with van der Waals surface area (Å²) in [7, 11) is 0. The second kappa shape index (κ2) is 7.21. The SMILES string of the molecule is CCCc1cc(NCC)nc(-c2ccc(C(C)C)cc2)n1. The topological polar surface area (TPSA) is 37.8 Å². The number of hydrogen-bond donors (Lipinski definition) is 1.